The second-order valence-electron chi connectivity index (χ2n) is 7.36. The van der Waals surface area contributed by atoms with Crippen molar-refractivity contribution in [2.24, 2.45) is 0 Å². The molecule has 2 N–H and O–H groups in total. The summed E-state index contributed by atoms with van der Waals surface area (Å²) in [7, 11) is 0. The zero-order valence-corrected chi connectivity index (χ0v) is 13.4. The Labute approximate surface area is 135 Å². The maximum Gasteiger partial charge on any atom is 0.231 e. The molecule has 1 saturated heterocycles. The minimum absolute atomic E-state index is 0.141. The van der Waals surface area contributed by atoms with Crippen molar-refractivity contribution in [3.8, 4) is 11.5 Å². The Morgan fingerprint density at radius 3 is 3.00 bits per heavy atom. The minimum Gasteiger partial charge on any atom is -0.454 e. The number of nitrogens with zero attached hydrogens (tertiary/aromatic N) is 1. The molecule has 1 fully saturated rings. The highest BCUT2D eigenvalue weighted by Gasteiger charge is 2.55. The highest BCUT2D eigenvalue weighted by Crippen LogP contribution is 2.54. The van der Waals surface area contributed by atoms with Gasteiger partial charge in [0, 0.05) is 25.0 Å². The number of benzene rings is 1. The van der Waals surface area contributed by atoms with Crippen LogP contribution in [0.25, 0.3) is 0 Å². The third-order valence-corrected chi connectivity index (χ3v) is 6.10. The number of hydrogen-bond acceptors (Lipinski definition) is 5. The summed E-state index contributed by atoms with van der Waals surface area (Å²) < 4.78 is 11.2. The number of rotatable bonds is 0. The zero-order chi connectivity index (χ0) is 15.9. The molecule has 4 aliphatic rings. The Kier molecular flexibility index (Phi) is 2.58. The predicted octanol–water partition coefficient (Wildman–Crippen LogP) is 1.45. The molecule has 0 amide bonds. The molecule has 0 spiro atoms. The normalized spacial score (nSPS) is 37.4. The van der Waals surface area contributed by atoms with E-state index in [1.54, 1.807) is 6.92 Å². The van der Waals surface area contributed by atoms with Crippen LogP contribution in [0.1, 0.15) is 36.0 Å². The molecule has 5 rings (SSSR count). The average molecular weight is 315 g/mol. The van der Waals surface area contributed by atoms with Gasteiger partial charge in [-0.15, -0.1) is 0 Å². The summed E-state index contributed by atoms with van der Waals surface area (Å²) in [4.78, 5) is 2.42. The number of aliphatic hydroxyl groups excluding tert-OH is 1. The van der Waals surface area contributed by atoms with Gasteiger partial charge in [0.2, 0.25) is 6.79 Å². The second kappa shape index (κ2) is 4.29. The van der Waals surface area contributed by atoms with E-state index in [4.69, 9.17) is 9.47 Å². The fourth-order valence-electron chi connectivity index (χ4n) is 4.97. The van der Waals surface area contributed by atoms with Gasteiger partial charge in [-0.05, 0) is 43.0 Å². The minimum atomic E-state index is -1.19. The summed E-state index contributed by atoms with van der Waals surface area (Å²) in [6, 6.07) is 2.24. The van der Waals surface area contributed by atoms with Crippen molar-refractivity contribution in [3.63, 3.8) is 0 Å². The lowest BCUT2D eigenvalue weighted by molar-refractivity contribution is -0.0819. The van der Waals surface area contributed by atoms with E-state index in [0.717, 1.165) is 42.1 Å². The van der Waals surface area contributed by atoms with Gasteiger partial charge in [-0.25, -0.2) is 0 Å². The van der Waals surface area contributed by atoms with E-state index in [1.165, 1.54) is 11.1 Å². The molecule has 4 atom stereocenters. The quantitative estimate of drug-likeness (QED) is 0.710. The van der Waals surface area contributed by atoms with E-state index < -0.39 is 11.7 Å². The third-order valence-electron chi connectivity index (χ3n) is 6.10. The van der Waals surface area contributed by atoms with E-state index in [1.807, 2.05) is 13.0 Å². The van der Waals surface area contributed by atoms with Crippen molar-refractivity contribution in [2.75, 3.05) is 13.3 Å². The summed E-state index contributed by atoms with van der Waals surface area (Å²) in [6.45, 7) is 5.88. The van der Waals surface area contributed by atoms with E-state index in [-0.39, 0.29) is 18.8 Å². The molecule has 0 saturated carbocycles. The molecule has 0 bridgehead atoms. The molecule has 1 aliphatic carbocycles. The molecule has 3 heterocycles. The molecule has 4 unspecified atom stereocenters. The van der Waals surface area contributed by atoms with E-state index in [9.17, 15) is 10.2 Å². The van der Waals surface area contributed by atoms with Gasteiger partial charge in [0.05, 0.1) is 5.60 Å². The summed E-state index contributed by atoms with van der Waals surface area (Å²) in [5, 5.41) is 21.6. The molecular weight excluding hydrogens is 294 g/mol. The van der Waals surface area contributed by atoms with Gasteiger partial charge in [-0.1, -0.05) is 11.6 Å². The first-order valence-corrected chi connectivity index (χ1v) is 8.25. The summed E-state index contributed by atoms with van der Waals surface area (Å²) in [5.74, 6) is 1.44. The third kappa shape index (κ3) is 1.62. The van der Waals surface area contributed by atoms with Gasteiger partial charge in [0.25, 0.3) is 0 Å². The highest BCUT2D eigenvalue weighted by molar-refractivity contribution is 5.59. The number of ether oxygens (including phenoxy) is 2. The van der Waals surface area contributed by atoms with E-state index >= 15 is 0 Å². The van der Waals surface area contributed by atoms with Crippen LogP contribution in [-0.4, -0.2) is 46.2 Å². The monoisotopic (exact) mass is 315 g/mol. The first kappa shape index (κ1) is 13.8. The Bertz CT molecular complexity index is 739. The molecule has 1 aromatic rings. The molecule has 5 heteroatoms. The topological polar surface area (TPSA) is 62.2 Å². The maximum atomic E-state index is 11.1. The molecule has 122 valence electrons. The largest absolute Gasteiger partial charge is 0.454 e. The van der Waals surface area contributed by atoms with Crippen molar-refractivity contribution in [3.05, 3.63) is 34.4 Å². The lowest BCUT2D eigenvalue weighted by atomic mass is 9.65. The number of fused-ring (bicyclic) bond motifs is 3. The Balaban J connectivity index is 1.78. The molecule has 5 nitrogen and oxygen atoms in total. The number of aliphatic hydroxyl groups is 2. The van der Waals surface area contributed by atoms with E-state index in [2.05, 4.69) is 11.0 Å². The highest BCUT2D eigenvalue weighted by atomic mass is 16.7. The molecule has 0 radical (unpaired) electrons. The van der Waals surface area contributed by atoms with Gasteiger partial charge in [-0.2, -0.15) is 0 Å². The summed E-state index contributed by atoms with van der Waals surface area (Å²) in [5.41, 5.74) is 3.43. The van der Waals surface area contributed by atoms with Crippen molar-refractivity contribution >= 4 is 0 Å². The van der Waals surface area contributed by atoms with Crippen LogP contribution >= 0.6 is 0 Å². The summed E-state index contributed by atoms with van der Waals surface area (Å²) >= 11 is 0. The lowest BCUT2D eigenvalue weighted by Crippen LogP contribution is -2.56. The fourth-order valence-corrected chi connectivity index (χ4v) is 4.97. The lowest BCUT2D eigenvalue weighted by Gasteiger charge is -2.50. The van der Waals surface area contributed by atoms with Gasteiger partial charge >= 0.3 is 0 Å². The Morgan fingerprint density at radius 2 is 2.17 bits per heavy atom. The standard InChI is InChI=1S/C18H21NO4/c1-9-14-11(5-12-17(9)23-8-22-12)7-19-4-3-10-6-13(20)18(2,21)15(14)16(10)19/h5-6,13,15-16,20-21H,3-4,7-8H2,1-2H3. The van der Waals surface area contributed by atoms with Gasteiger partial charge < -0.3 is 19.7 Å². The van der Waals surface area contributed by atoms with Crippen molar-refractivity contribution < 1.29 is 19.7 Å². The molecule has 1 aromatic carbocycles. The van der Waals surface area contributed by atoms with Crippen LogP contribution in [0.3, 0.4) is 0 Å². The average Bonchev–Trinajstić information content (AvgIpc) is 3.12. The fraction of sp³-hybridized carbons (Fsp3) is 0.556. The van der Waals surface area contributed by atoms with Crippen LogP contribution in [0.15, 0.2) is 17.7 Å². The first-order valence-electron chi connectivity index (χ1n) is 8.25. The number of hydrogen-bond donors (Lipinski definition) is 2. The molecular formula is C18H21NO4. The van der Waals surface area contributed by atoms with Crippen LogP contribution in [-0.2, 0) is 6.54 Å². The molecule has 23 heavy (non-hydrogen) atoms. The molecule has 3 aliphatic heterocycles. The van der Waals surface area contributed by atoms with Crippen LogP contribution < -0.4 is 9.47 Å². The predicted molar refractivity (Wildman–Crippen MR) is 83.6 cm³/mol. The summed E-state index contributed by atoms with van der Waals surface area (Å²) in [6.07, 6.45) is 2.00. The SMILES string of the molecule is Cc1c2c(cc3c1C1C4C(=CC(O)C1(C)O)CCN4C3)OCO2. The Hall–Kier alpha value is -1.56. The maximum absolute atomic E-state index is 11.1. The van der Waals surface area contributed by atoms with Crippen LogP contribution in [0.2, 0.25) is 0 Å². The van der Waals surface area contributed by atoms with Gasteiger partial charge in [-0.3, -0.25) is 4.90 Å². The van der Waals surface area contributed by atoms with Crippen molar-refractivity contribution in [1.82, 2.24) is 4.90 Å². The van der Waals surface area contributed by atoms with Gasteiger partial charge in [0.15, 0.2) is 11.5 Å². The zero-order valence-electron chi connectivity index (χ0n) is 13.4. The van der Waals surface area contributed by atoms with Crippen LogP contribution in [0.4, 0.5) is 0 Å². The second-order valence-corrected chi connectivity index (χ2v) is 7.36. The van der Waals surface area contributed by atoms with E-state index in [0.29, 0.717) is 0 Å². The van der Waals surface area contributed by atoms with Crippen LogP contribution in [0.5, 0.6) is 11.5 Å². The van der Waals surface area contributed by atoms with Gasteiger partial charge in [0.1, 0.15) is 6.10 Å². The van der Waals surface area contributed by atoms with Crippen molar-refractivity contribution in [1.29, 1.82) is 0 Å². The first-order chi connectivity index (χ1) is 11.0. The molecule has 0 aromatic heterocycles. The Morgan fingerprint density at radius 1 is 1.35 bits per heavy atom. The van der Waals surface area contributed by atoms with Crippen molar-refractivity contribution in [2.45, 2.75) is 50.5 Å². The smallest absolute Gasteiger partial charge is 0.231 e. The van der Waals surface area contributed by atoms with Crippen LogP contribution in [0, 0.1) is 6.92 Å².